The second kappa shape index (κ2) is 17.6. The first-order chi connectivity index (χ1) is 30.4. The van der Waals surface area contributed by atoms with Crippen LogP contribution in [0.2, 0.25) is 20.1 Å². The van der Waals surface area contributed by atoms with Gasteiger partial charge in [-0.2, -0.15) is 25.8 Å². The molecule has 0 aromatic heterocycles. The van der Waals surface area contributed by atoms with Gasteiger partial charge in [0.05, 0.1) is 69.9 Å². The van der Waals surface area contributed by atoms with Crippen LogP contribution in [0.1, 0.15) is 95.8 Å². The van der Waals surface area contributed by atoms with E-state index < -0.39 is 40.5 Å². The van der Waals surface area contributed by atoms with E-state index in [1.54, 1.807) is 37.3 Å². The third-order valence-corrected chi connectivity index (χ3v) is 15.2. The highest BCUT2D eigenvalue weighted by Crippen LogP contribution is 2.50. The first-order valence-electron chi connectivity index (χ1n) is 20.4. The van der Waals surface area contributed by atoms with Crippen LogP contribution in [0.25, 0.3) is 0 Å². The number of hydrogen-bond acceptors (Lipinski definition) is 8. The van der Waals surface area contributed by atoms with Gasteiger partial charge in [0, 0.05) is 29.6 Å². The van der Waals surface area contributed by atoms with E-state index in [1.807, 2.05) is 11.8 Å². The average Bonchev–Trinajstić information content (AvgIpc) is 3.93. The molecule has 2 fully saturated rings. The Labute approximate surface area is 401 Å². The molecule has 344 valence electrons. The minimum Gasteiger partial charge on any atom is -0.362 e. The van der Waals surface area contributed by atoms with Crippen molar-refractivity contribution in [3.05, 3.63) is 137 Å². The maximum absolute atomic E-state index is 13.8. The molecule has 0 N–H and O–H groups in total. The lowest BCUT2D eigenvalue weighted by atomic mass is 9.83. The summed E-state index contributed by atoms with van der Waals surface area (Å²) in [5.41, 5.74) is 6.38. The van der Waals surface area contributed by atoms with E-state index >= 15 is 0 Å². The number of benzene rings is 4. The Morgan fingerprint density at radius 1 is 0.769 bits per heavy atom. The Morgan fingerprint density at radius 2 is 1.28 bits per heavy atom. The number of Topliss-reactive ketones (excluding diaryl/α,β-unsaturated/α-hetero) is 1. The van der Waals surface area contributed by atoms with Crippen LogP contribution in [0.5, 0.6) is 0 Å². The number of nitrogens with zero attached hydrogens (tertiary/aromatic N) is 3. The van der Waals surface area contributed by atoms with Crippen LogP contribution < -0.4 is 0 Å². The van der Waals surface area contributed by atoms with Crippen molar-refractivity contribution in [1.29, 1.82) is 0 Å². The summed E-state index contributed by atoms with van der Waals surface area (Å²) in [6, 6.07) is 17.4. The molecule has 4 aromatic carbocycles. The van der Waals surface area contributed by atoms with Crippen molar-refractivity contribution in [1.82, 2.24) is 9.80 Å². The number of ketones is 1. The standard InChI is InChI=1S/C23H19Cl2F4NO3S.C23H21Cl2FN2O2S/c1-21(34,14-5-16(24)20(26)17(25)6-14)7-18(31)12-2-3-15-13(4-12)9-33-22(15)10-30(11-22)19(32)8-23(27,28)29;1-3-20(29)28-11-23(12-28)16-5-4-13(6-14(16)10-30-23)19-9-22(2,31-27-19)15-7-17(24)21(26)18(25)8-15/h2-6,34H,7-11H2,1H3;4-8H,3,9-12H2,1-2H3/t21-;22-/m00/s1. The highest BCUT2D eigenvalue weighted by atomic mass is 35.5. The molecule has 0 unspecified atom stereocenters. The van der Waals surface area contributed by atoms with Crippen molar-refractivity contribution in [2.75, 3.05) is 26.2 Å². The number of amides is 2. The Balaban J connectivity index is 0.000000178. The lowest BCUT2D eigenvalue weighted by Crippen LogP contribution is -2.61. The molecular weight excluding hydrogens is 975 g/mol. The van der Waals surface area contributed by atoms with Gasteiger partial charge < -0.3 is 19.3 Å². The quantitative estimate of drug-likeness (QED) is 0.0622. The molecule has 2 atom stereocenters. The molecule has 8 nitrogen and oxygen atoms in total. The number of likely N-dealkylation sites (tertiary alicyclic amines) is 2. The highest BCUT2D eigenvalue weighted by molar-refractivity contribution is 7.99. The zero-order valence-corrected chi connectivity index (χ0v) is 39.7. The maximum atomic E-state index is 13.8. The fourth-order valence-electron chi connectivity index (χ4n) is 8.87. The molecule has 4 aromatic rings. The number of carbonyl (C=O) groups excluding carboxylic acids is 3. The molecular formula is C46H40Cl4F5N3O5S2. The second-order valence-corrected chi connectivity index (χ2v) is 21.3. The first-order valence-corrected chi connectivity index (χ1v) is 23.2. The summed E-state index contributed by atoms with van der Waals surface area (Å²) in [7, 11) is 0. The second-order valence-electron chi connectivity index (χ2n) is 17.4. The van der Waals surface area contributed by atoms with Crippen LogP contribution in [0.15, 0.2) is 65.1 Å². The third-order valence-electron chi connectivity index (χ3n) is 12.6. The molecule has 0 saturated carbocycles. The number of thiol groups is 1. The fourth-order valence-corrected chi connectivity index (χ4v) is 11.0. The summed E-state index contributed by atoms with van der Waals surface area (Å²) in [6.45, 7) is 7.65. The van der Waals surface area contributed by atoms with Gasteiger partial charge in [-0.05, 0) is 101 Å². The van der Waals surface area contributed by atoms with Crippen molar-refractivity contribution in [3.8, 4) is 0 Å². The molecule has 9 rings (SSSR count). The molecule has 0 bridgehead atoms. The molecule has 65 heavy (non-hydrogen) atoms. The van der Waals surface area contributed by atoms with Crippen molar-refractivity contribution in [2.45, 2.75) is 86.5 Å². The van der Waals surface area contributed by atoms with Gasteiger partial charge in [0.1, 0.15) is 17.6 Å². The average molecular weight is 1020 g/mol. The van der Waals surface area contributed by atoms with Crippen LogP contribution >= 0.6 is 71.0 Å². The minimum atomic E-state index is -4.56. The zero-order chi connectivity index (χ0) is 47.0. The minimum absolute atomic E-state index is 0.0221. The van der Waals surface area contributed by atoms with Gasteiger partial charge in [0.25, 0.3) is 0 Å². The zero-order valence-electron chi connectivity index (χ0n) is 35.0. The van der Waals surface area contributed by atoms with E-state index in [1.165, 1.54) is 29.6 Å². The summed E-state index contributed by atoms with van der Waals surface area (Å²) in [4.78, 5) is 39.7. The SMILES string of the molecule is CCC(=O)N1CC2(C1)OCc1cc(C3=NS[C@](C)(c4cc(Cl)c(F)c(Cl)c4)C3)ccc12.C[C@](S)(CC(=O)c1ccc2c(c1)COC21CN(C(=O)CC(F)(F)F)C1)c1cc(Cl)c(F)c(Cl)c1. The van der Waals surface area contributed by atoms with E-state index in [0.717, 1.165) is 38.4 Å². The van der Waals surface area contributed by atoms with Crippen molar-refractivity contribution < 1.29 is 45.8 Å². The normalized spacial score (nSPS) is 20.9. The lowest BCUT2D eigenvalue weighted by Gasteiger charge is -2.47. The van der Waals surface area contributed by atoms with Gasteiger partial charge in [-0.15, -0.1) is 0 Å². The number of halogens is 9. The van der Waals surface area contributed by atoms with E-state index in [9.17, 15) is 36.3 Å². The van der Waals surface area contributed by atoms with Crippen molar-refractivity contribution in [2.24, 2.45) is 4.40 Å². The van der Waals surface area contributed by atoms with Gasteiger partial charge in [0.2, 0.25) is 11.8 Å². The number of hydrogen-bond donors (Lipinski definition) is 1. The highest BCUT2D eigenvalue weighted by Gasteiger charge is 2.53. The van der Waals surface area contributed by atoms with Crippen LogP contribution in [-0.4, -0.2) is 65.5 Å². The number of fused-ring (bicyclic) bond motifs is 4. The summed E-state index contributed by atoms with van der Waals surface area (Å²) in [5.74, 6) is -2.39. The van der Waals surface area contributed by atoms with Gasteiger partial charge in [-0.25, -0.2) is 13.2 Å². The predicted molar refractivity (Wildman–Crippen MR) is 244 cm³/mol. The number of rotatable bonds is 8. The molecule has 5 aliphatic heterocycles. The molecule has 5 aliphatic rings. The predicted octanol–water partition coefficient (Wildman–Crippen LogP) is 11.9. The van der Waals surface area contributed by atoms with Gasteiger partial charge >= 0.3 is 6.18 Å². The van der Waals surface area contributed by atoms with Crippen LogP contribution in [0, 0.1) is 11.6 Å². The number of alkyl halides is 3. The van der Waals surface area contributed by atoms with Gasteiger partial charge in [-0.3, -0.25) is 14.4 Å². The lowest BCUT2D eigenvalue weighted by molar-refractivity contribution is -0.185. The topological polar surface area (TPSA) is 88.5 Å². The first kappa shape index (κ1) is 48.1. The summed E-state index contributed by atoms with van der Waals surface area (Å²) < 4.78 is 80.4. The van der Waals surface area contributed by atoms with E-state index in [4.69, 9.17) is 60.3 Å². The number of ether oxygens (including phenoxy) is 2. The van der Waals surface area contributed by atoms with E-state index in [0.29, 0.717) is 43.7 Å². The maximum Gasteiger partial charge on any atom is 0.397 e. The summed E-state index contributed by atoms with van der Waals surface area (Å²) in [5, 5.41) is -0.292. The summed E-state index contributed by atoms with van der Waals surface area (Å²) in [6.07, 6.45) is -4.90. The van der Waals surface area contributed by atoms with Gasteiger partial charge in [-0.1, -0.05) is 77.6 Å². The molecule has 0 aliphatic carbocycles. The van der Waals surface area contributed by atoms with Crippen LogP contribution in [-0.2, 0) is 53.0 Å². The Morgan fingerprint density at radius 3 is 1.82 bits per heavy atom. The van der Waals surface area contributed by atoms with Crippen molar-refractivity contribution >= 4 is 94.3 Å². The van der Waals surface area contributed by atoms with E-state index in [2.05, 4.69) is 37.8 Å². The smallest absolute Gasteiger partial charge is 0.362 e. The summed E-state index contributed by atoms with van der Waals surface area (Å²) >= 11 is 29.8. The van der Waals surface area contributed by atoms with Crippen LogP contribution in [0.3, 0.4) is 0 Å². The van der Waals surface area contributed by atoms with Gasteiger partial charge in [0.15, 0.2) is 17.4 Å². The number of carbonyl (C=O) groups is 3. The Kier molecular flexibility index (Phi) is 13.0. The Hall–Kier alpha value is -3.41. The third kappa shape index (κ3) is 9.29. The molecule has 0 radical (unpaired) electrons. The fraction of sp³-hybridized carbons (Fsp3) is 0.391. The van der Waals surface area contributed by atoms with Crippen molar-refractivity contribution in [3.63, 3.8) is 0 Å². The largest absolute Gasteiger partial charge is 0.397 e. The molecule has 2 spiro atoms. The molecule has 5 heterocycles. The van der Waals surface area contributed by atoms with E-state index in [-0.39, 0.29) is 68.2 Å². The monoisotopic (exact) mass is 1010 g/mol. The molecule has 2 saturated heterocycles. The molecule has 19 heteroatoms. The Bertz CT molecular complexity index is 2630. The van der Waals surface area contributed by atoms with Crippen LogP contribution in [0.4, 0.5) is 22.0 Å². The molecule has 2 amide bonds.